The molecule has 0 saturated heterocycles. The first-order valence-electron chi connectivity index (χ1n) is 6.25. The molecule has 2 N–H and O–H groups in total. The van der Waals surface area contributed by atoms with Gasteiger partial charge in [0.1, 0.15) is 11.8 Å². The highest BCUT2D eigenvalue weighted by Crippen LogP contribution is 2.35. The second-order valence-electron chi connectivity index (χ2n) is 5.70. The van der Waals surface area contributed by atoms with Crippen LogP contribution in [0.3, 0.4) is 0 Å². The van der Waals surface area contributed by atoms with Gasteiger partial charge in [0.15, 0.2) is 0 Å². The summed E-state index contributed by atoms with van der Waals surface area (Å²) in [5.74, 6) is -0.299. The van der Waals surface area contributed by atoms with Crippen LogP contribution in [0.4, 0.5) is 5.69 Å². The Balaban J connectivity index is 3.21. The van der Waals surface area contributed by atoms with Crippen molar-refractivity contribution in [3.05, 3.63) is 23.8 Å². The molecule has 1 rings (SSSR count). The number of aliphatic carboxylic acids is 1. The second-order valence-corrected chi connectivity index (χ2v) is 5.70. The van der Waals surface area contributed by atoms with E-state index >= 15 is 0 Å². The fourth-order valence-electron chi connectivity index (χ4n) is 1.61. The van der Waals surface area contributed by atoms with Crippen LogP contribution in [-0.4, -0.2) is 23.7 Å². The third-order valence-electron chi connectivity index (χ3n) is 3.89. The van der Waals surface area contributed by atoms with Crippen molar-refractivity contribution in [2.45, 2.75) is 33.2 Å². The molecule has 20 heavy (non-hydrogen) atoms. The molecular formula is C15H20N2O3. The number of hydrogen-bond donors (Lipinski definition) is 2. The number of rotatable bonds is 5. The number of nitriles is 1. The molecule has 108 valence electrons. The number of methoxy groups -OCH3 is 1. The van der Waals surface area contributed by atoms with E-state index in [1.807, 2.05) is 0 Å². The van der Waals surface area contributed by atoms with Gasteiger partial charge in [0, 0.05) is 11.6 Å². The van der Waals surface area contributed by atoms with Crippen LogP contribution in [0.1, 0.15) is 33.3 Å². The molecule has 0 fully saturated rings. The van der Waals surface area contributed by atoms with E-state index in [4.69, 9.17) is 10.00 Å². The molecular weight excluding hydrogens is 256 g/mol. The van der Waals surface area contributed by atoms with Gasteiger partial charge >= 0.3 is 5.97 Å². The molecule has 1 aromatic rings. The van der Waals surface area contributed by atoms with Crippen LogP contribution < -0.4 is 10.1 Å². The van der Waals surface area contributed by atoms with Crippen molar-refractivity contribution in [3.8, 4) is 11.8 Å². The van der Waals surface area contributed by atoms with Crippen LogP contribution >= 0.6 is 0 Å². The number of anilines is 1. The van der Waals surface area contributed by atoms with E-state index in [-0.39, 0.29) is 0 Å². The van der Waals surface area contributed by atoms with Crippen LogP contribution in [0, 0.1) is 16.7 Å². The van der Waals surface area contributed by atoms with Gasteiger partial charge in [-0.3, -0.25) is 4.79 Å². The lowest BCUT2D eigenvalue weighted by atomic mass is 9.74. The number of carboxylic acids is 1. The predicted molar refractivity (Wildman–Crippen MR) is 76.8 cm³/mol. The molecule has 0 aliphatic heterocycles. The minimum atomic E-state index is -1.01. The van der Waals surface area contributed by atoms with Crippen molar-refractivity contribution in [2.75, 3.05) is 12.4 Å². The lowest BCUT2D eigenvalue weighted by molar-refractivity contribution is -0.149. The largest absolute Gasteiger partial charge is 0.497 e. The number of ether oxygens (including phenoxy) is 1. The number of nitrogens with zero attached hydrogens (tertiary/aromatic N) is 1. The van der Waals surface area contributed by atoms with Crippen LogP contribution in [0.25, 0.3) is 0 Å². The van der Waals surface area contributed by atoms with E-state index in [9.17, 15) is 9.90 Å². The molecule has 0 spiro atoms. The summed E-state index contributed by atoms with van der Waals surface area (Å²) in [7, 11) is 1.54. The average Bonchev–Trinajstić information content (AvgIpc) is 2.37. The number of carboxylic acid groups (broad SMARTS) is 1. The molecule has 0 saturated carbocycles. The standard InChI is InChI=1S/C15H20N2O3/c1-14(2,13(18)19)15(3,4)17-12-8-11(20-5)7-6-10(12)9-16/h6-8,17H,1-5H3,(H,18,19). The summed E-state index contributed by atoms with van der Waals surface area (Å²) in [6.45, 7) is 6.88. The van der Waals surface area contributed by atoms with E-state index in [1.54, 1.807) is 45.9 Å². The Hall–Kier alpha value is -2.22. The zero-order valence-corrected chi connectivity index (χ0v) is 12.4. The summed E-state index contributed by atoms with van der Waals surface area (Å²) in [4.78, 5) is 11.4. The molecule has 0 unspecified atom stereocenters. The fraction of sp³-hybridized carbons (Fsp3) is 0.467. The summed E-state index contributed by atoms with van der Waals surface area (Å²) < 4.78 is 5.14. The van der Waals surface area contributed by atoms with Crippen LogP contribution in [0.5, 0.6) is 5.75 Å². The molecule has 5 heteroatoms. The second kappa shape index (κ2) is 5.41. The van der Waals surface area contributed by atoms with Gasteiger partial charge in [-0.2, -0.15) is 5.26 Å². The van der Waals surface area contributed by atoms with Crippen molar-refractivity contribution in [3.63, 3.8) is 0 Å². The first-order valence-corrected chi connectivity index (χ1v) is 6.25. The smallest absolute Gasteiger partial charge is 0.311 e. The SMILES string of the molecule is COc1ccc(C#N)c(NC(C)(C)C(C)(C)C(=O)O)c1. The summed E-state index contributed by atoms with van der Waals surface area (Å²) in [5.41, 5.74) is -0.759. The molecule has 5 nitrogen and oxygen atoms in total. The highest BCUT2D eigenvalue weighted by Gasteiger charge is 2.43. The number of hydrogen-bond acceptors (Lipinski definition) is 4. The van der Waals surface area contributed by atoms with Gasteiger partial charge in [0.25, 0.3) is 0 Å². The Morgan fingerprint density at radius 2 is 1.95 bits per heavy atom. The molecule has 0 aliphatic carbocycles. The maximum absolute atomic E-state index is 11.4. The minimum absolute atomic E-state index is 0.445. The van der Waals surface area contributed by atoms with Crippen LogP contribution in [0.2, 0.25) is 0 Å². The molecule has 0 aliphatic rings. The van der Waals surface area contributed by atoms with Crippen LogP contribution in [-0.2, 0) is 4.79 Å². The molecule has 1 aromatic carbocycles. The predicted octanol–water partition coefficient (Wildman–Crippen LogP) is 2.87. The van der Waals surface area contributed by atoms with Crippen molar-refractivity contribution in [1.82, 2.24) is 0 Å². The third kappa shape index (κ3) is 2.85. The lowest BCUT2D eigenvalue weighted by Gasteiger charge is -2.39. The summed E-state index contributed by atoms with van der Waals surface area (Å²) >= 11 is 0. The minimum Gasteiger partial charge on any atom is -0.497 e. The van der Waals surface area contributed by atoms with E-state index in [1.165, 1.54) is 7.11 Å². The average molecular weight is 276 g/mol. The third-order valence-corrected chi connectivity index (χ3v) is 3.89. The van der Waals surface area contributed by atoms with Crippen LogP contribution in [0.15, 0.2) is 18.2 Å². The zero-order chi connectivity index (χ0) is 15.6. The van der Waals surface area contributed by atoms with Crippen molar-refractivity contribution >= 4 is 11.7 Å². The van der Waals surface area contributed by atoms with Gasteiger partial charge in [-0.05, 0) is 39.8 Å². The summed E-state index contributed by atoms with van der Waals surface area (Å²) in [5, 5.41) is 21.6. The van der Waals surface area contributed by atoms with E-state index < -0.39 is 16.9 Å². The van der Waals surface area contributed by atoms with Crippen molar-refractivity contribution in [2.24, 2.45) is 5.41 Å². The maximum atomic E-state index is 11.4. The van der Waals surface area contributed by atoms with Gasteiger partial charge in [-0.1, -0.05) is 0 Å². The van der Waals surface area contributed by atoms with Crippen molar-refractivity contribution < 1.29 is 14.6 Å². The molecule has 0 bridgehead atoms. The van der Waals surface area contributed by atoms with E-state index in [2.05, 4.69) is 11.4 Å². The van der Waals surface area contributed by atoms with Gasteiger partial charge in [0.2, 0.25) is 0 Å². The normalized spacial score (nSPS) is 11.6. The quantitative estimate of drug-likeness (QED) is 0.864. The van der Waals surface area contributed by atoms with Gasteiger partial charge < -0.3 is 15.2 Å². The topological polar surface area (TPSA) is 82.3 Å². The van der Waals surface area contributed by atoms with Crippen molar-refractivity contribution in [1.29, 1.82) is 5.26 Å². The van der Waals surface area contributed by atoms with E-state index in [0.29, 0.717) is 17.0 Å². The fourth-order valence-corrected chi connectivity index (χ4v) is 1.61. The molecule has 0 heterocycles. The van der Waals surface area contributed by atoms with E-state index in [0.717, 1.165) is 0 Å². The molecule has 0 aromatic heterocycles. The lowest BCUT2D eigenvalue weighted by Crippen LogP contribution is -2.50. The Bertz CT molecular complexity index is 557. The molecule has 0 amide bonds. The highest BCUT2D eigenvalue weighted by atomic mass is 16.5. The highest BCUT2D eigenvalue weighted by molar-refractivity contribution is 5.77. The zero-order valence-electron chi connectivity index (χ0n) is 12.4. The molecule has 0 radical (unpaired) electrons. The number of benzene rings is 1. The van der Waals surface area contributed by atoms with Gasteiger partial charge in [-0.25, -0.2) is 0 Å². The summed E-state index contributed by atoms with van der Waals surface area (Å²) in [6.07, 6.45) is 0. The first kappa shape index (κ1) is 15.8. The van der Waals surface area contributed by atoms with Gasteiger partial charge in [0.05, 0.1) is 23.8 Å². The Kier molecular flexibility index (Phi) is 4.29. The number of carbonyl (C=O) groups is 1. The monoisotopic (exact) mass is 276 g/mol. The number of nitrogens with one attached hydrogen (secondary N) is 1. The maximum Gasteiger partial charge on any atom is 0.311 e. The Morgan fingerprint density at radius 1 is 1.35 bits per heavy atom. The van der Waals surface area contributed by atoms with Gasteiger partial charge in [-0.15, -0.1) is 0 Å². The molecule has 0 atom stereocenters. The Morgan fingerprint density at radius 3 is 2.40 bits per heavy atom. The summed E-state index contributed by atoms with van der Waals surface area (Å²) in [6, 6.07) is 7.11. The first-order chi connectivity index (χ1) is 9.15. The Labute approximate surface area is 119 Å².